The Morgan fingerprint density at radius 1 is 0.929 bits per heavy atom. The van der Waals surface area contributed by atoms with Crippen LogP contribution in [0.5, 0.6) is 0 Å². The van der Waals surface area contributed by atoms with Gasteiger partial charge in [-0.1, -0.05) is 0 Å². The van der Waals surface area contributed by atoms with Crippen LogP contribution in [-0.2, 0) is 0 Å². The van der Waals surface area contributed by atoms with Gasteiger partial charge in [0.25, 0.3) is 0 Å². The molecule has 2 aromatic rings. The average molecular weight is 190 g/mol. The van der Waals surface area contributed by atoms with Crippen molar-refractivity contribution >= 4 is 0 Å². The van der Waals surface area contributed by atoms with E-state index in [-0.39, 0.29) is 17.9 Å². The van der Waals surface area contributed by atoms with E-state index in [9.17, 15) is 5.11 Å². The van der Waals surface area contributed by atoms with Crippen LogP contribution in [-0.4, -0.2) is 11.2 Å². The second-order valence-corrected chi connectivity index (χ2v) is 3.57. The second kappa shape index (κ2) is 2.75. The SMILES string of the molecule is OC1C(c2ccco2)C1c1ccco1. The predicted octanol–water partition coefficient (Wildman–Crippen LogP) is 2.11. The number of hydrogen-bond donors (Lipinski definition) is 1. The van der Waals surface area contributed by atoms with Gasteiger partial charge in [-0.15, -0.1) is 0 Å². The van der Waals surface area contributed by atoms with Gasteiger partial charge in [-0.3, -0.25) is 0 Å². The first-order valence-corrected chi connectivity index (χ1v) is 4.63. The van der Waals surface area contributed by atoms with Crippen LogP contribution in [0.3, 0.4) is 0 Å². The Labute approximate surface area is 81.0 Å². The number of aliphatic hydroxyl groups excluding tert-OH is 1. The third-order valence-corrected chi connectivity index (χ3v) is 2.73. The molecule has 0 aliphatic heterocycles. The molecule has 3 nitrogen and oxygen atoms in total. The van der Waals surface area contributed by atoms with E-state index in [1.807, 2.05) is 24.3 Å². The molecule has 0 bridgehead atoms. The Hall–Kier alpha value is -1.48. The van der Waals surface area contributed by atoms with Gasteiger partial charge in [0, 0.05) is 0 Å². The van der Waals surface area contributed by atoms with Crippen LogP contribution in [0.1, 0.15) is 23.4 Å². The summed E-state index contributed by atoms with van der Waals surface area (Å²) < 4.78 is 10.5. The fraction of sp³-hybridized carbons (Fsp3) is 0.273. The van der Waals surface area contributed by atoms with Crippen molar-refractivity contribution in [3.63, 3.8) is 0 Å². The first kappa shape index (κ1) is 7.88. The summed E-state index contributed by atoms with van der Waals surface area (Å²) in [5.41, 5.74) is 0. The maximum Gasteiger partial charge on any atom is 0.110 e. The average Bonchev–Trinajstić information content (AvgIpc) is 2.76. The number of hydrogen-bond acceptors (Lipinski definition) is 3. The van der Waals surface area contributed by atoms with Gasteiger partial charge in [-0.2, -0.15) is 0 Å². The highest BCUT2D eigenvalue weighted by atomic mass is 16.3. The van der Waals surface area contributed by atoms with Crippen molar-refractivity contribution in [2.75, 3.05) is 0 Å². The lowest BCUT2D eigenvalue weighted by atomic mass is 10.2. The summed E-state index contributed by atoms with van der Waals surface area (Å²) in [4.78, 5) is 0. The summed E-state index contributed by atoms with van der Waals surface area (Å²) in [5, 5.41) is 9.71. The van der Waals surface area contributed by atoms with Crippen molar-refractivity contribution in [3.05, 3.63) is 48.3 Å². The molecule has 2 aromatic heterocycles. The molecule has 1 saturated carbocycles. The maximum atomic E-state index is 9.71. The Morgan fingerprint density at radius 2 is 1.43 bits per heavy atom. The lowest BCUT2D eigenvalue weighted by Crippen LogP contribution is -1.82. The van der Waals surface area contributed by atoms with E-state index in [2.05, 4.69) is 0 Å². The standard InChI is InChI=1S/C11H10O3/c12-11-9(7-3-1-5-13-7)10(11)8-4-2-6-14-8/h1-6,9-12H. The molecule has 2 heterocycles. The Kier molecular flexibility index (Phi) is 1.55. The number of furan rings is 2. The van der Waals surface area contributed by atoms with Gasteiger partial charge in [0.05, 0.1) is 30.5 Å². The van der Waals surface area contributed by atoms with Crippen molar-refractivity contribution in [3.8, 4) is 0 Å². The molecule has 14 heavy (non-hydrogen) atoms. The van der Waals surface area contributed by atoms with E-state index < -0.39 is 0 Å². The molecule has 3 rings (SSSR count). The first-order chi connectivity index (χ1) is 6.88. The molecule has 1 fully saturated rings. The summed E-state index contributed by atoms with van der Waals surface area (Å²) in [7, 11) is 0. The summed E-state index contributed by atoms with van der Waals surface area (Å²) in [6.07, 6.45) is 2.88. The predicted molar refractivity (Wildman–Crippen MR) is 48.9 cm³/mol. The summed E-state index contributed by atoms with van der Waals surface area (Å²) in [6, 6.07) is 7.44. The molecule has 0 amide bonds. The maximum absolute atomic E-state index is 9.71. The zero-order valence-corrected chi connectivity index (χ0v) is 7.46. The molecule has 3 heteroatoms. The fourth-order valence-corrected chi connectivity index (χ4v) is 1.95. The molecule has 0 aromatic carbocycles. The van der Waals surface area contributed by atoms with Crippen molar-refractivity contribution in [1.29, 1.82) is 0 Å². The molecular formula is C11H10O3. The third-order valence-electron chi connectivity index (χ3n) is 2.73. The zero-order valence-electron chi connectivity index (χ0n) is 7.46. The van der Waals surface area contributed by atoms with E-state index in [1.165, 1.54) is 0 Å². The molecule has 1 aliphatic rings. The van der Waals surface area contributed by atoms with E-state index >= 15 is 0 Å². The molecule has 0 radical (unpaired) electrons. The Morgan fingerprint density at radius 3 is 1.79 bits per heavy atom. The first-order valence-electron chi connectivity index (χ1n) is 4.63. The molecule has 0 saturated heterocycles. The molecule has 2 unspecified atom stereocenters. The number of rotatable bonds is 2. The normalized spacial score (nSPS) is 30.5. The van der Waals surface area contributed by atoms with E-state index in [1.54, 1.807) is 12.5 Å². The molecule has 0 spiro atoms. The van der Waals surface area contributed by atoms with Crippen molar-refractivity contribution in [1.82, 2.24) is 0 Å². The van der Waals surface area contributed by atoms with Gasteiger partial charge in [0.15, 0.2) is 0 Å². The van der Waals surface area contributed by atoms with Gasteiger partial charge in [-0.25, -0.2) is 0 Å². The van der Waals surface area contributed by atoms with E-state index in [0.29, 0.717) is 0 Å². The molecular weight excluding hydrogens is 180 g/mol. The topological polar surface area (TPSA) is 46.5 Å². The van der Waals surface area contributed by atoms with Gasteiger partial charge in [0.2, 0.25) is 0 Å². The summed E-state index contributed by atoms with van der Waals surface area (Å²) in [6.45, 7) is 0. The minimum atomic E-state index is -0.368. The monoisotopic (exact) mass is 190 g/mol. The van der Waals surface area contributed by atoms with Crippen LogP contribution >= 0.6 is 0 Å². The van der Waals surface area contributed by atoms with E-state index in [0.717, 1.165) is 11.5 Å². The summed E-state index contributed by atoms with van der Waals surface area (Å²) in [5.74, 6) is 1.80. The molecule has 1 aliphatic carbocycles. The summed E-state index contributed by atoms with van der Waals surface area (Å²) >= 11 is 0. The Bertz CT molecular complexity index is 361. The largest absolute Gasteiger partial charge is 0.469 e. The quantitative estimate of drug-likeness (QED) is 0.788. The van der Waals surface area contributed by atoms with Crippen molar-refractivity contribution in [2.45, 2.75) is 17.9 Å². The van der Waals surface area contributed by atoms with Crippen LogP contribution in [0.2, 0.25) is 0 Å². The lowest BCUT2D eigenvalue weighted by molar-refractivity contribution is 0.257. The highest BCUT2D eigenvalue weighted by Gasteiger charge is 2.54. The molecule has 72 valence electrons. The van der Waals surface area contributed by atoms with Gasteiger partial charge >= 0.3 is 0 Å². The van der Waals surface area contributed by atoms with Crippen LogP contribution < -0.4 is 0 Å². The van der Waals surface area contributed by atoms with E-state index in [4.69, 9.17) is 8.83 Å². The van der Waals surface area contributed by atoms with Gasteiger partial charge in [-0.05, 0) is 24.3 Å². The molecule has 1 N–H and O–H groups in total. The zero-order chi connectivity index (χ0) is 9.54. The highest BCUT2D eigenvalue weighted by molar-refractivity contribution is 5.31. The van der Waals surface area contributed by atoms with Crippen LogP contribution in [0.15, 0.2) is 45.6 Å². The third kappa shape index (κ3) is 1.02. The lowest BCUT2D eigenvalue weighted by Gasteiger charge is -1.90. The Balaban J connectivity index is 1.87. The van der Waals surface area contributed by atoms with Crippen molar-refractivity contribution in [2.24, 2.45) is 0 Å². The van der Waals surface area contributed by atoms with Crippen molar-refractivity contribution < 1.29 is 13.9 Å². The van der Waals surface area contributed by atoms with Crippen LogP contribution in [0, 0.1) is 0 Å². The van der Waals surface area contributed by atoms with Crippen LogP contribution in [0.4, 0.5) is 0 Å². The smallest absolute Gasteiger partial charge is 0.110 e. The van der Waals surface area contributed by atoms with Crippen LogP contribution in [0.25, 0.3) is 0 Å². The number of aliphatic hydroxyl groups is 1. The highest BCUT2D eigenvalue weighted by Crippen LogP contribution is 2.54. The molecule has 2 atom stereocenters. The van der Waals surface area contributed by atoms with Gasteiger partial charge in [0.1, 0.15) is 11.5 Å². The van der Waals surface area contributed by atoms with Gasteiger partial charge < -0.3 is 13.9 Å². The minimum Gasteiger partial charge on any atom is -0.469 e. The fourth-order valence-electron chi connectivity index (χ4n) is 1.95. The minimum absolute atomic E-state index is 0.0659. The second-order valence-electron chi connectivity index (χ2n) is 3.57.